The molecule has 1 amide bonds. The number of benzene rings is 1. The molecule has 1 rings (SSSR count). The number of hydrogen-bond donors (Lipinski definition) is 2. The normalized spacial score (nSPS) is 14.1. The number of carbonyl (C=O) groups is 1. The quantitative estimate of drug-likeness (QED) is 0.818. The maximum Gasteiger partial charge on any atom is 0.224 e. The van der Waals surface area contributed by atoms with Crippen molar-refractivity contribution in [2.75, 3.05) is 13.6 Å². The molecule has 0 aliphatic rings. The molecule has 0 saturated heterocycles. The molecule has 0 aliphatic heterocycles. The lowest BCUT2D eigenvalue weighted by molar-refractivity contribution is -0.125. The maximum atomic E-state index is 11.9. The van der Waals surface area contributed by atoms with Gasteiger partial charge in [0.1, 0.15) is 0 Å². The Kier molecular flexibility index (Phi) is 5.16. The average Bonchev–Trinajstić information content (AvgIpc) is 2.29. The van der Waals surface area contributed by atoms with Crippen molar-refractivity contribution < 1.29 is 4.79 Å². The molecule has 1 unspecified atom stereocenters. The molecule has 3 nitrogen and oxygen atoms in total. The Hall–Kier alpha value is -1.35. The van der Waals surface area contributed by atoms with E-state index in [2.05, 4.69) is 29.7 Å². The average molecular weight is 234 g/mol. The van der Waals surface area contributed by atoms with Crippen molar-refractivity contribution in [3.05, 3.63) is 35.4 Å². The van der Waals surface area contributed by atoms with Crippen LogP contribution in [0.2, 0.25) is 0 Å². The van der Waals surface area contributed by atoms with Crippen molar-refractivity contribution in [3.63, 3.8) is 0 Å². The van der Waals surface area contributed by atoms with Crippen LogP contribution in [0.5, 0.6) is 0 Å². The molecule has 0 spiro atoms. The lowest BCUT2D eigenvalue weighted by atomic mass is 10.0. The third kappa shape index (κ3) is 3.86. The fourth-order valence-electron chi connectivity index (χ4n) is 1.90. The van der Waals surface area contributed by atoms with Gasteiger partial charge in [0.05, 0.1) is 6.04 Å². The minimum Gasteiger partial charge on any atom is -0.349 e. The summed E-state index contributed by atoms with van der Waals surface area (Å²) in [6, 6.07) is 8.19. The van der Waals surface area contributed by atoms with Crippen LogP contribution in [-0.2, 0) is 4.79 Å². The van der Waals surface area contributed by atoms with Crippen LogP contribution < -0.4 is 10.6 Å². The van der Waals surface area contributed by atoms with Gasteiger partial charge in [0.2, 0.25) is 5.91 Å². The number of aryl methyl sites for hydroxylation is 1. The second kappa shape index (κ2) is 6.40. The van der Waals surface area contributed by atoms with Crippen molar-refractivity contribution in [2.24, 2.45) is 5.92 Å². The molecule has 0 bridgehead atoms. The Morgan fingerprint density at radius 1 is 1.29 bits per heavy atom. The zero-order chi connectivity index (χ0) is 12.8. The first-order valence-corrected chi connectivity index (χ1v) is 6.06. The molecule has 0 heterocycles. The summed E-state index contributed by atoms with van der Waals surface area (Å²) < 4.78 is 0. The van der Waals surface area contributed by atoms with Crippen molar-refractivity contribution in [1.29, 1.82) is 0 Å². The van der Waals surface area contributed by atoms with Crippen LogP contribution >= 0.6 is 0 Å². The van der Waals surface area contributed by atoms with Gasteiger partial charge in [0.15, 0.2) is 0 Å². The number of hydrogen-bond acceptors (Lipinski definition) is 2. The van der Waals surface area contributed by atoms with Gasteiger partial charge in [-0.1, -0.05) is 31.2 Å². The molecule has 17 heavy (non-hydrogen) atoms. The SMILES string of the molecule is CNCC(C)C(=O)N[C@@H](C)c1ccccc1C. The number of nitrogens with one attached hydrogen (secondary N) is 2. The van der Waals surface area contributed by atoms with E-state index < -0.39 is 0 Å². The van der Waals surface area contributed by atoms with Crippen LogP contribution in [0.3, 0.4) is 0 Å². The van der Waals surface area contributed by atoms with Gasteiger partial charge in [-0.3, -0.25) is 4.79 Å². The molecular weight excluding hydrogens is 212 g/mol. The number of amides is 1. The summed E-state index contributed by atoms with van der Waals surface area (Å²) in [5.41, 5.74) is 2.39. The smallest absolute Gasteiger partial charge is 0.224 e. The summed E-state index contributed by atoms with van der Waals surface area (Å²) in [6.45, 7) is 6.71. The van der Waals surface area contributed by atoms with Crippen molar-refractivity contribution in [3.8, 4) is 0 Å². The van der Waals surface area contributed by atoms with E-state index in [1.54, 1.807) is 0 Å². The summed E-state index contributed by atoms with van der Waals surface area (Å²) in [4.78, 5) is 11.9. The topological polar surface area (TPSA) is 41.1 Å². The Morgan fingerprint density at radius 2 is 1.94 bits per heavy atom. The lowest BCUT2D eigenvalue weighted by Gasteiger charge is -2.19. The summed E-state index contributed by atoms with van der Waals surface area (Å²) in [5, 5.41) is 6.05. The van der Waals surface area contributed by atoms with Gasteiger partial charge in [0, 0.05) is 12.5 Å². The summed E-state index contributed by atoms with van der Waals surface area (Å²) in [6.07, 6.45) is 0. The van der Waals surface area contributed by atoms with E-state index in [9.17, 15) is 4.79 Å². The fraction of sp³-hybridized carbons (Fsp3) is 0.500. The molecule has 0 radical (unpaired) electrons. The highest BCUT2D eigenvalue weighted by Gasteiger charge is 2.16. The molecule has 1 aromatic carbocycles. The molecule has 0 aliphatic carbocycles. The van der Waals surface area contributed by atoms with Gasteiger partial charge >= 0.3 is 0 Å². The number of carbonyl (C=O) groups excluding carboxylic acids is 1. The third-order valence-electron chi connectivity index (χ3n) is 2.97. The minimum atomic E-state index is -0.00790. The Bertz CT molecular complexity index is 376. The van der Waals surface area contributed by atoms with Gasteiger partial charge in [0.25, 0.3) is 0 Å². The maximum absolute atomic E-state index is 11.9. The highest BCUT2D eigenvalue weighted by Crippen LogP contribution is 2.16. The van der Waals surface area contributed by atoms with E-state index >= 15 is 0 Å². The summed E-state index contributed by atoms with van der Waals surface area (Å²) >= 11 is 0. The first kappa shape index (κ1) is 13.7. The number of rotatable bonds is 5. The first-order valence-electron chi connectivity index (χ1n) is 6.06. The molecule has 0 aromatic heterocycles. The fourth-order valence-corrected chi connectivity index (χ4v) is 1.90. The Labute approximate surface area is 104 Å². The molecule has 3 heteroatoms. The van der Waals surface area contributed by atoms with Gasteiger partial charge in [-0.15, -0.1) is 0 Å². The second-order valence-corrected chi connectivity index (χ2v) is 4.55. The predicted octanol–water partition coefficient (Wildman–Crippen LogP) is 2.03. The van der Waals surface area contributed by atoms with Crippen LogP contribution in [0.15, 0.2) is 24.3 Å². The molecule has 0 saturated carbocycles. The molecule has 2 N–H and O–H groups in total. The first-order chi connectivity index (χ1) is 8.06. The van der Waals surface area contributed by atoms with E-state index in [4.69, 9.17) is 0 Å². The van der Waals surface area contributed by atoms with Crippen LogP contribution in [-0.4, -0.2) is 19.5 Å². The summed E-state index contributed by atoms with van der Waals surface area (Å²) in [5.74, 6) is 0.0848. The van der Waals surface area contributed by atoms with Gasteiger partial charge < -0.3 is 10.6 Å². The minimum absolute atomic E-state index is 0.00790. The molecule has 94 valence electrons. The lowest BCUT2D eigenvalue weighted by Crippen LogP contribution is -2.35. The van der Waals surface area contributed by atoms with E-state index in [0.717, 1.165) is 0 Å². The van der Waals surface area contributed by atoms with E-state index in [1.807, 2.05) is 33.0 Å². The van der Waals surface area contributed by atoms with Crippen LogP contribution in [0.1, 0.15) is 31.0 Å². The van der Waals surface area contributed by atoms with E-state index in [0.29, 0.717) is 6.54 Å². The standard InChI is InChI=1S/C14H22N2O/c1-10-7-5-6-8-13(10)12(3)16-14(17)11(2)9-15-4/h5-8,11-12,15H,9H2,1-4H3,(H,16,17)/t11?,12-/m0/s1. The molecule has 1 aromatic rings. The highest BCUT2D eigenvalue weighted by molar-refractivity contribution is 5.79. The summed E-state index contributed by atoms with van der Waals surface area (Å²) in [7, 11) is 1.86. The predicted molar refractivity (Wildman–Crippen MR) is 70.8 cm³/mol. The van der Waals surface area contributed by atoms with Crippen LogP contribution in [0.4, 0.5) is 0 Å². The highest BCUT2D eigenvalue weighted by atomic mass is 16.1. The zero-order valence-electron chi connectivity index (χ0n) is 11.1. The van der Waals surface area contributed by atoms with Gasteiger partial charge in [-0.05, 0) is 32.0 Å². The molecular formula is C14H22N2O. The van der Waals surface area contributed by atoms with Crippen molar-refractivity contribution >= 4 is 5.91 Å². The largest absolute Gasteiger partial charge is 0.349 e. The third-order valence-corrected chi connectivity index (χ3v) is 2.97. The van der Waals surface area contributed by atoms with Crippen LogP contribution in [0.25, 0.3) is 0 Å². The van der Waals surface area contributed by atoms with Crippen molar-refractivity contribution in [2.45, 2.75) is 26.8 Å². The second-order valence-electron chi connectivity index (χ2n) is 4.55. The van der Waals surface area contributed by atoms with Crippen molar-refractivity contribution in [1.82, 2.24) is 10.6 Å². The zero-order valence-corrected chi connectivity index (χ0v) is 11.1. The Balaban J connectivity index is 2.63. The monoisotopic (exact) mass is 234 g/mol. The molecule has 0 fully saturated rings. The van der Waals surface area contributed by atoms with Crippen LogP contribution in [0, 0.1) is 12.8 Å². The van der Waals surface area contributed by atoms with E-state index in [-0.39, 0.29) is 17.9 Å². The van der Waals surface area contributed by atoms with Gasteiger partial charge in [-0.2, -0.15) is 0 Å². The Morgan fingerprint density at radius 3 is 2.53 bits per heavy atom. The van der Waals surface area contributed by atoms with E-state index in [1.165, 1.54) is 11.1 Å². The molecule has 2 atom stereocenters. The van der Waals surface area contributed by atoms with Gasteiger partial charge in [-0.25, -0.2) is 0 Å².